The first-order valence-electron chi connectivity index (χ1n) is 8.13. The van der Waals surface area contributed by atoms with Gasteiger partial charge in [-0.05, 0) is 30.3 Å². The topological polar surface area (TPSA) is 66.8 Å². The lowest BCUT2D eigenvalue weighted by Gasteiger charge is -2.24. The molecule has 0 spiro atoms. The van der Waals surface area contributed by atoms with Crippen LogP contribution in [-0.2, 0) is 9.84 Å². The number of aliphatic imine (C=N–C) groups is 1. The number of hydrogen-bond acceptors (Lipinski definition) is 4. The Labute approximate surface area is 171 Å². The monoisotopic (exact) mass is 440 g/mol. The van der Waals surface area contributed by atoms with Crippen LogP contribution in [0.5, 0.6) is 0 Å². The number of fused-ring (bicyclic) bond motifs is 1. The molecule has 1 amide bonds. The lowest BCUT2D eigenvalue weighted by Crippen LogP contribution is -2.37. The first-order chi connectivity index (χ1) is 12.8. The Morgan fingerprint density at radius 1 is 1.11 bits per heavy atom. The van der Waals surface area contributed by atoms with Crippen molar-refractivity contribution in [3.63, 3.8) is 0 Å². The molecule has 27 heavy (non-hydrogen) atoms. The van der Waals surface area contributed by atoms with Crippen molar-refractivity contribution in [2.24, 2.45) is 4.99 Å². The molecule has 5 nitrogen and oxygen atoms in total. The van der Waals surface area contributed by atoms with E-state index < -0.39 is 15.7 Å². The minimum absolute atomic E-state index is 0.0501. The zero-order chi connectivity index (χ0) is 19.2. The lowest BCUT2D eigenvalue weighted by molar-refractivity contribution is 0.100. The van der Waals surface area contributed by atoms with Crippen molar-refractivity contribution >= 4 is 61.6 Å². The van der Waals surface area contributed by atoms with Crippen LogP contribution < -0.4 is 4.90 Å². The van der Waals surface area contributed by atoms with Gasteiger partial charge in [0.1, 0.15) is 0 Å². The predicted octanol–water partition coefficient (Wildman–Crippen LogP) is 3.91. The number of benzene rings is 2. The third-order valence-electron chi connectivity index (χ3n) is 4.46. The van der Waals surface area contributed by atoms with Gasteiger partial charge >= 0.3 is 0 Å². The summed E-state index contributed by atoms with van der Waals surface area (Å²) in [5, 5.41) is 1.00. The second-order valence-corrected chi connectivity index (χ2v) is 10.5. The molecule has 9 heteroatoms. The fourth-order valence-corrected chi connectivity index (χ4v) is 7.67. The SMILES string of the molecule is O=C(N=C1SC2CS(=O)(=O)CC2N1c1ccccc1)c1ccc(Cl)cc1Cl. The summed E-state index contributed by atoms with van der Waals surface area (Å²) < 4.78 is 24.1. The van der Waals surface area contributed by atoms with Crippen LogP contribution in [0.3, 0.4) is 0 Å². The molecule has 2 aliphatic heterocycles. The minimum atomic E-state index is -3.10. The van der Waals surface area contributed by atoms with Gasteiger partial charge in [0.25, 0.3) is 5.91 Å². The van der Waals surface area contributed by atoms with E-state index in [4.69, 9.17) is 23.2 Å². The van der Waals surface area contributed by atoms with Gasteiger partial charge < -0.3 is 4.90 Å². The molecule has 2 aromatic rings. The Morgan fingerprint density at radius 3 is 2.56 bits per heavy atom. The third kappa shape index (κ3) is 3.74. The molecule has 2 aromatic carbocycles. The van der Waals surface area contributed by atoms with Crippen LogP contribution in [0.1, 0.15) is 10.4 Å². The van der Waals surface area contributed by atoms with E-state index in [1.807, 2.05) is 35.2 Å². The summed E-state index contributed by atoms with van der Waals surface area (Å²) in [5.74, 6) is -0.349. The number of sulfone groups is 1. The first-order valence-corrected chi connectivity index (χ1v) is 11.6. The number of amides is 1. The Morgan fingerprint density at radius 2 is 1.85 bits per heavy atom. The number of hydrogen-bond donors (Lipinski definition) is 0. The molecule has 2 atom stereocenters. The molecular formula is C18H14Cl2N2O3S2. The fraction of sp³-hybridized carbons (Fsp3) is 0.222. The highest BCUT2D eigenvalue weighted by Gasteiger charge is 2.49. The van der Waals surface area contributed by atoms with E-state index in [1.165, 1.54) is 23.9 Å². The molecule has 2 aliphatic rings. The zero-order valence-electron chi connectivity index (χ0n) is 13.9. The molecule has 140 valence electrons. The number of anilines is 1. The van der Waals surface area contributed by atoms with Crippen LogP contribution in [-0.4, -0.2) is 42.3 Å². The van der Waals surface area contributed by atoms with E-state index in [9.17, 15) is 13.2 Å². The summed E-state index contributed by atoms with van der Waals surface area (Å²) in [4.78, 5) is 18.8. The summed E-state index contributed by atoms with van der Waals surface area (Å²) in [5.41, 5.74) is 1.07. The number of carbonyl (C=O) groups is 1. The zero-order valence-corrected chi connectivity index (χ0v) is 17.0. The van der Waals surface area contributed by atoms with Crippen LogP contribution in [0, 0.1) is 0 Å². The van der Waals surface area contributed by atoms with Crippen molar-refractivity contribution in [3.8, 4) is 0 Å². The molecule has 2 unspecified atom stereocenters. The van der Waals surface area contributed by atoms with E-state index in [0.29, 0.717) is 10.2 Å². The second kappa shape index (κ2) is 7.13. The number of nitrogens with zero attached hydrogens (tertiary/aromatic N) is 2. The van der Waals surface area contributed by atoms with Gasteiger partial charge in [-0.1, -0.05) is 53.2 Å². The number of para-hydroxylation sites is 1. The maximum absolute atomic E-state index is 12.7. The molecule has 4 rings (SSSR count). The normalized spacial score (nSPS) is 25.0. The van der Waals surface area contributed by atoms with Gasteiger partial charge in [-0.3, -0.25) is 4.79 Å². The molecule has 2 heterocycles. The fourth-order valence-electron chi connectivity index (χ4n) is 3.27. The van der Waals surface area contributed by atoms with Crippen molar-refractivity contribution in [3.05, 3.63) is 64.1 Å². The van der Waals surface area contributed by atoms with Gasteiger partial charge in [0.15, 0.2) is 15.0 Å². The van der Waals surface area contributed by atoms with E-state index >= 15 is 0 Å². The minimum Gasteiger partial charge on any atom is -0.316 e. The molecule has 2 fully saturated rings. The average Bonchev–Trinajstić information content (AvgIpc) is 3.06. The standard InChI is InChI=1S/C18H14Cl2N2O3S2/c19-11-6-7-13(14(20)8-11)17(23)21-18-22(12-4-2-1-3-5-12)15-9-27(24,25)10-16(15)26-18/h1-8,15-16H,9-10H2. The molecule has 0 bridgehead atoms. The molecule has 0 aromatic heterocycles. The molecule has 2 saturated heterocycles. The van der Waals surface area contributed by atoms with Crippen LogP contribution >= 0.6 is 35.0 Å². The van der Waals surface area contributed by atoms with Crippen molar-refractivity contribution in [2.45, 2.75) is 11.3 Å². The molecule has 0 saturated carbocycles. The van der Waals surface area contributed by atoms with Crippen molar-refractivity contribution in [1.82, 2.24) is 0 Å². The lowest BCUT2D eigenvalue weighted by atomic mass is 10.2. The van der Waals surface area contributed by atoms with Gasteiger partial charge in [0.05, 0.1) is 28.1 Å². The molecule has 0 aliphatic carbocycles. The number of rotatable bonds is 2. The van der Waals surface area contributed by atoms with Gasteiger partial charge in [0, 0.05) is 16.0 Å². The van der Waals surface area contributed by atoms with Crippen molar-refractivity contribution in [2.75, 3.05) is 16.4 Å². The molecule has 0 N–H and O–H groups in total. The summed E-state index contributed by atoms with van der Waals surface area (Å²) in [6.45, 7) is 0. The van der Waals surface area contributed by atoms with Crippen LogP contribution in [0.25, 0.3) is 0 Å². The van der Waals surface area contributed by atoms with Crippen LogP contribution in [0.2, 0.25) is 10.0 Å². The average molecular weight is 441 g/mol. The second-order valence-electron chi connectivity index (χ2n) is 6.33. The summed E-state index contributed by atoms with van der Waals surface area (Å²) in [7, 11) is -3.10. The Bertz CT molecular complexity index is 1040. The van der Waals surface area contributed by atoms with Gasteiger partial charge in [-0.25, -0.2) is 8.42 Å². The number of carbonyl (C=O) groups excluding carboxylic acids is 1. The van der Waals surface area contributed by atoms with Gasteiger partial charge in [0.2, 0.25) is 0 Å². The number of halogens is 2. The van der Waals surface area contributed by atoms with Crippen molar-refractivity contribution in [1.29, 1.82) is 0 Å². The first kappa shape index (κ1) is 18.8. The smallest absolute Gasteiger partial charge is 0.280 e. The Kier molecular flexibility index (Phi) is 4.96. The van der Waals surface area contributed by atoms with E-state index in [-0.39, 0.29) is 33.4 Å². The van der Waals surface area contributed by atoms with Crippen LogP contribution in [0.15, 0.2) is 53.5 Å². The van der Waals surface area contributed by atoms with E-state index in [0.717, 1.165) is 5.69 Å². The highest BCUT2D eigenvalue weighted by Crippen LogP contribution is 2.41. The van der Waals surface area contributed by atoms with E-state index in [1.54, 1.807) is 6.07 Å². The summed E-state index contributed by atoms with van der Waals surface area (Å²) in [6, 6.07) is 13.7. The van der Waals surface area contributed by atoms with E-state index in [2.05, 4.69) is 4.99 Å². The maximum atomic E-state index is 12.7. The van der Waals surface area contributed by atoms with Crippen molar-refractivity contribution < 1.29 is 13.2 Å². The maximum Gasteiger partial charge on any atom is 0.280 e. The highest BCUT2D eigenvalue weighted by atomic mass is 35.5. The predicted molar refractivity (Wildman–Crippen MR) is 111 cm³/mol. The summed E-state index contributed by atoms with van der Waals surface area (Å²) >= 11 is 13.3. The highest BCUT2D eigenvalue weighted by molar-refractivity contribution is 8.16. The Balaban J connectivity index is 1.72. The number of thioether (sulfide) groups is 1. The summed E-state index contributed by atoms with van der Waals surface area (Å²) in [6.07, 6.45) is 0. The molecule has 0 radical (unpaired) electrons. The quantitative estimate of drug-likeness (QED) is 0.707. The Hall–Kier alpha value is -1.54. The molecular weight excluding hydrogens is 427 g/mol. The van der Waals surface area contributed by atoms with Gasteiger partial charge in [-0.2, -0.15) is 4.99 Å². The van der Waals surface area contributed by atoms with Crippen LogP contribution in [0.4, 0.5) is 5.69 Å². The van der Waals surface area contributed by atoms with Gasteiger partial charge in [-0.15, -0.1) is 0 Å². The third-order valence-corrected chi connectivity index (χ3v) is 8.22. The largest absolute Gasteiger partial charge is 0.316 e. The number of amidine groups is 1.